The van der Waals surface area contributed by atoms with Crippen LogP contribution in [0, 0.1) is 5.92 Å². The molecule has 2 aliphatic heterocycles. The van der Waals surface area contributed by atoms with Gasteiger partial charge in [0.05, 0.1) is 6.10 Å². The summed E-state index contributed by atoms with van der Waals surface area (Å²) in [6.07, 6.45) is 2.10. The van der Waals surface area contributed by atoms with Crippen LogP contribution in [0.4, 0.5) is 0 Å². The van der Waals surface area contributed by atoms with Gasteiger partial charge in [-0.3, -0.25) is 9.59 Å². The number of amides is 2. The first-order valence-corrected chi connectivity index (χ1v) is 11.3. The van der Waals surface area contributed by atoms with Crippen molar-refractivity contribution < 1.29 is 19.4 Å². The predicted octanol–water partition coefficient (Wildman–Crippen LogP) is 1.56. The molecule has 0 spiro atoms. The third kappa shape index (κ3) is 5.35. The summed E-state index contributed by atoms with van der Waals surface area (Å²) in [6, 6.07) is 12.9. The molecule has 4 rings (SSSR count). The lowest BCUT2D eigenvalue weighted by Gasteiger charge is -2.30. The number of primary amides is 1. The second-order valence-corrected chi connectivity index (χ2v) is 8.73. The number of hydrogen-bond donors (Lipinski definition) is 4. The Labute approximate surface area is 188 Å². The Bertz CT molecular complexity index is 971. The van der Waals surface area contributed by atoms with Gasteiger partial charge in [-0.05, 0) is 60.1 Å². The van der Waals surface area contributed by atoms with Crippen LogP contribution in [0.5, 0.6) is 0 Å². The van der Waals surface area contributed by atoms with Gasteiger partial charge in [0.15, 0.2) is 0 Å². The Hall–Kier alpha value is -2.74. The van der Waals surface area contributed by atoms with E-state index in [1.165, 1.54) is 11.1 Å². The lowest BCUT2D eigenvalue weighted by molar-refractivity contribution is 0.0642. The van der Waals surface area contributed by atoms with Gasteiger partial charge in [-0.15, -0.1) is 0 Å². The number of fused-ring (bicyclic) bond motifs is 1. The summed E-state index contributed by atoms with van der Waals surface area (Å²) in [5, 5.41) is 17.3. The van der Waals surface area contributed by atoms with E-state index in [1.807, 2.05) is 12.1 Å². The molecule has 0 aliphatic carbocycles. The van der Waals surface area contributed by atoms with Crippen molar-refractivity contribution in [2.45, 2.75) is 44.4 Å². The Morgan fingerprint density at radius 1 is 1.16 bits per heavy atom. The van der Waals surface area contributed by atoms with Crippen LogP contribution in [0.2, 0.25) is 0 Å². The van der Waals surface area contributed by atoms with Crippen molar-refractivity contribution in [2.24, 2.45) is 11.7 Å². The van der Waals surface area contributed by atoms with Crippen LogP contribution in [0.3, 0.4) is 0 Å². The molecule has 170 valence electrons. The molecule has 2 atom stereocenters. The molecule has 0 aromatic heterocycles. The Morgan fingerprint density at radius 2 is 1.91 bits per heavy atom. The van der Waals surface area contributed by atoms with Crippen LogP contribution in [0.25, 0.3) is 0 Å². The first-order valence-electron chi connectivity index (χ1n) is 11.3. The molecular formula is C25H31N3O4. The van der Waals surface area contributed by atoms with Gasteiger partial charge in [-0.1, -0.05) is 24.3 Å². The quantitative estimate of drug-likeness (QED) is 0.525. The van der Waals surface area contributed by atoms with E-state index in [4.69, 9.17) is 10.5 Å². The molecule has 2 aromatic rings. The van der Waals surface area contributed by atoms with Crippen molar-refractivity contribution in [2.75, 3.05) is 19.8 Å². The summed E-state index contributed by atoms with van der Waals surface area (Å²) >= 11 is 0. The average Bonchev–Trinajstić information content (AvgIpc) is 2.82. The third-order valence-electron chi connectivity index (χ3n) is 6.53. The molecule has 2 aromatic carbocycles. The lowest BCUT2D eigenvalue weighted by atomic mass is 9.89. The van der Waals surface area contributed by atoms with Crippen LogP contribution in [0.15, 0.2) is 42.5 Å². The van der Waals surface area contributed by atoms with E-state index >= 15 is 0 Å². The topological polar surface area (TPSA) is 114 Å². The molecule has 0 saturated carbocycles. The molecule has 0 bridgehead atoms. The summed E-state index contributed by atoms with van der Waals surface area (Å²) in [4.78, 5) is 24.7. The molecule has 7 nitrogen and oxygen atoms in total. The number of benzene rings is 2. The number of nitrogens with one attached hydrogen (secondary N) is 2. The van der Waals surface area contributed by atoms with E-state index in [2.05, 4.69) is 22.8 Å². The monoisotopic (exact) mass is 437 g/mol. The van der Waals surface area contributed by atoms with E-state index in [-0.39, 0.29) is 18.4 Å². The summed E-state index contributed by atoms with van der Waals surface area (Å²) in [6.45, 7) is 2.75. The largest absolute Gasteiger partial charge is 0.391 e. The number of rotatable bonds is 7. The minimum Gasteiger partial charge on any atom is -0.391 e. The van der Waals surface area contributed by atoms with E-state index in [1.54, 1.807) is 18.2 Å². The number of carbonyl (C=O) groups is 2. The fourth-order valence-electron chi connectivity index (χ4n) is 4.55. The van der Waals surface area contributed by atoms with Crippen LogP contribution in [-0.2, 0) is 24.1 Å². The van der Waals surface area contributed by atoms with Crippen molar-refractivity contribution in [1.82, 2.24) is 10.6 Å². The third-order valence-corrected chi connectivity index (χ3v) is 6.53. The number of hydrogen-bond acceptors (Lipinski definition) is 5. The fourth-order valence-corrected chi connectivity index (χ4v) is 4.55. The Morgan fingerprint density at radius 3 is 2.66 bits per heavy atom. The second kappa shape index (κ2) is 10.3. The molecule has 32 heavy (non-hydrogen) atoms. The zero-order valence-electron chi connectivity index (χ0n) is 18.2. The molecule has 1 fully saturated rings. The van der Waals surface area contributed by atoms with Gasteiger partial charge in [0.1, 0.15) is 0 Å². The van der Waals surface area contributed by atoms with Gasteiger partial charge in [0.25, 0.3) is 5.91 Å². The zero-order chi connectivity index (χ0) is 22.5. The number of aliphatic hydroxyl groups excluding tert-OH is 1. The minimum atomic E-state index is -0.720. The maximum absolute atomic E-state index is 12.7. The smallest absolute Gasteiger partial charge is 0.251 e. The standard InChI is InChI=1S/C25H31N3O4/c26-24(30)21-6-5-18(25(31)28-14-16-7-9-32-10-8-16)11-20(21)13-23(29)22-12-17-3-1-2-4-19(17)15-27-22/h1-6,11,16,22-23,27,29H,7-10,12-15H2,(H2,26,30)(H,28,31)/t22-,23+/m0/s1. The fraction of sp³-hybridized carbons (Fsp3) is 0.440. The summed E-state index contributed by atoms with van der Waals surface area (Å²) < 4.78 is 5.36. The summed E-state index contributed by atoms with van der Waals surface area (Å²) in [5.41, 5.74) is 9.40. The van der Waals surface area contributed by atoms with Crippen LogP contribution in [0.1, 0.15) is 50.2 Å². The van der Waals surface area contributed by atoms with Crippen LogP contribution >= 0.6 is 0 Å². The van der Waals surface area contributed by atoms with E-state index in [9.17, 15) is 14.7 Å². The van der Waals surface area contributed by atoms with Crippen molar-refractivity contribution in [3.05, 3.63) is 70.3 Å². The number of ether oxygens (including phenoxy) is 1. The lowest BCUT2D eigenvalue weighted by Crippen LogP contribution is -2.45. The molecule has 5 N–H and O–H groups in total. The molecule has 0 unspecified atom stereocenters. The van der Waals surface area contributed by atoms with Crippen LogP contribution in [-0.4, -0.2) is 48.8 Å². The summed E-state index contributed by atoms with van der Waals surface area (Å²) in [7, 11) is 0. The Balaban J connectivity index is 1.44. The molecule has 7 heteroatoms. The van der Waals surface area contributed by atoms with Gasteiger partial charge in [0.2, 0.25) is 5.91 Å². The van der Waals surface area contributed by atoms with Crippen LogP contribution < -0.4 is 16.4 Å². The first-order chi connectivity index (χ1) is 15.5. The maximum atomic E-state index is 12.7. The van der Waals surface area contributed by atoms with Crippen molar-refractivity contribution >= 4 is 11.8 Å². The van der Waals surface area contributed by atoms with Gasteiger partial charge in [-0.2, -0.15) is 0 Å². The Kier molecular flexibility index (Phi) is 7.19. The van der Waals surface area contributed by atoms with Gasteiger partial charge >= 0.3 is 0 Å². The van der Waals surface area contributed by atoms with Gasteiger partial charge in [-0.25, -0.2) is 0 Å². The molecular weight excluding hydrogens is 406 g/mol. The summed E-state index contributed by atoms with van der Waals surface area (Å²) in [5.74, 6) is -0.338. The van der Waals surface area contributed by atoms with Crippen molar-refractivity contribution in [3.8, 4) is 0 Å². The first kappa shape index (κ1) is 22.5. The SMILES string of the molecule is NC(=O)c1ccc(C(=O)NCC2CCOCC2)cc1C[C@@H](O)[C@@H]1Cc2ccccc2CN1. The zero-order valence-corrected chi connectivity index (χ0v) is 18.2. The maximum Gasteiger partial charge on any atom is 0.251 e. The normalized spacial score (nSPS) is 19.7. The molecule has 2 amide bonds. The van der Waals surface area contributed by atoms with Gasteiger partial charge < -0.3 is 26.2 Å². The predicted molar refractivity (Wildman–Crippen MR) is 121 cm³/mol. The molecule has 2 aliphatic rings. The highest BCUT2D eigenvalue weighted by molar-refractivity contribution is 5.98. The van der Waals surface area contributed by atoms with Crippen molar-refractivity contribution in [1.29, 1.82) is 0 Å². The van der Waals surface area contributed by atoms with E-state index in [0.717, 1.165) is 26.1 Å². The molecule has 1 saturated heterocycles. The number of nitrogens with two attached hydrogens (primary N) is 1. The highest BCUT2D eigenvalue weighted by atomic mass is 16.5. The van der Waals surface area contributed by atoms with Gasteiger partial charge in [0, 0.05) is 49.9 Å². The molecule has 2 heterocycles. The van der Waals surface area contributed by atoms with Crippen molar-refractivity contribution in [3.63, 3.8) is 0 Å². The number of carbonyl (C=O) groups excluding carboxylic acids is 2. The number of aliphatic hydroxyl groups is 1. The minimum absolute atomic E-state index is 0.142. The average molecular weight is 438 g/mol. The van der Waals surface area contributed by atoms with E-state index in [0.29, 0.717) is 42.1 Å². The molecule has 0 radical (unpaired) electrons. The second-order valence-electron chi connectivity index (χ2n) is 8.73. The highest BCUT2D eigenvalue weighted by Gasteiger charge is 2.26. The van der Waals surface area contributed by atoms with E-state index < -0.39 is 12.0 Å². The highest BCUT2D eigenvalue weighted by Crippen LogP contribution is 2.21.